The molecule has 1 amide bonds. The van der Waals surface area contributed by atoms with E-state index in [-0.39, 0.29) is 11.5 Å². The van der Waals surface area contributed by atoms with Crippen LogP contribution in [-0.2, 0) is 24.2 Å². The maximum absolute atomic E-state index is 12.6. The highest BCUT2D eigenvalue weighted by molar-refractivity contribution is 5.79. The van der Waals surface area contributed by atoms with E-state index in [0.29, 0.717) is 31.8 Å². The smallest absolute Gasteiger partial charge is 0.248 e. The molecule has 0 radical (unpaired) electrons. The summed E-state index contributed by atoms with van der Waals surface area (Å²) in [6.07, 6.45) is 2.76. The van der Waals surface area contributed by atoms with Crippen LogP contribution in [0.2, 0.25) is 0 Å². The second-order valence-electron chi connectivity index (χ2n) is 6.39. The minimum absolute atomic E-state index is 0.0770. The average Bonchev–Trinajstić information content (AvgIpc) is 3.08. The van der Waals surface area contributed by atoms with Gasteiger partial charge in [-0.25, -0.2) is 0 Å². The predicted molar refractivity (Wildman–Crippen MR) is 93.8 cm³/mol. The standard InChI is InChI=1S/C18H18N6O2/c1-12-20-21-22-24(12)16-4-2-13(3-5-16)8-18(26)23-7-6-14-9-17(25)19-10-15(14)11-23/h2-5,9-10H,6-8,11H2,1H3,(H,19,25). The number of hydrogen-bond donors (Lipinski definition) is 1. The van der Waals surface area contributed by atoms with Crippen molar-refractivity contribution < 1.29 is 4.79 Å². The van der Waals surface area contributed by atoms with Crippen molar-refractivity contribution in [3.05, 3.63) is 69.4 Å². The van der Waals surface area contributed by atoms with Crippen LogP contribution in [0, 0.1) is 6.92 Å². The van der Waals surface area contributed by atoms with Crippen molar-refractivity contribution in [1.29, 1.82) is 0 Å². The van der Waals surface area contributed by atoms with Crippen molar-refractivity contribution in [3.8, 4) is 5.69 Å². The van der Waals surface area contributed by atoms with Crippen molar-refractivity contribution >= 4 is 5.91 Å². The Labute approximate surface area is 149 Å². The minimum Gasteiger partial charge on any atom is -0.338 e. The van der Waals surface area contributed by atoms with Crippen molar-refractivity contribution in [2.75, 3.05) is 6.54 Å². The van der Waals surface area contributed by atoms with Gasteiger partial charge in [0, 0.05) is 25.4 Å². The number of tetrazole rings is 1. The Morgan fingerprint density at radius 1 is 1.23 bits per heavy atom. The minimum atomic E-state index is -0.0959. The lowest BCUT2D eigenvalue weighted by Crippen LogP contribution is -2.37. The fourth-order valence-corrected chi connectivity index (χ4v) is 3.19. The number of hydrogen-bond acceptors (Lipinski definition) is 5. The molecule has 0 aliphatic carbocycles. The van der Waals surface area contributed by atoms with E-state index in [2.05, 4.69) is 20.5 Å². The van der Waals surface area contributed by atoms with Crippen LogP contribution < -0.4 is 5.56 Å². The second kappa shape index (κ2) is 6.55. The first-order valence-electron chi connectivity index (χ1n) is 8.43. The van der Waals surface area contributed by atoms with Crippen LogP contribution in [0.4, 0.5) is 0 Å². The molecule has 0 atom stereocenters. The number of aromatic nitrogens is 5. The molecule has 1 aliphatic rings. The molecule has 8 heteroatoms. The molecule has 1 aromatic carbocycles. The quantitative estimate of drug-likeness (QED) is 0.753. The Morgan fingerprint density at radius 2 is 2.04 bits per heavy atom. The van der Waals surface area contributed by atoms with Gasteiger partial charge in [-0.3, -0.25) is 9.59 Å². The molecule has 0 spiro atoms. The van der Waals surface area contributed by atoms with Gasteiger partial charge in [-0.15, -0.1) is 5.10 Å². The second-order valence-corrected chi connectivity index (χ2v) is 6.39. The number of aryl methyl sites for hydroxylation is 1. The number of nitrogens with zero attached hydrogens (tertiary/aromatic N) is 5. The van der Waals surface area contributed by atoms with Crippen molar-refractivity contribution in [1.82, 2.24) is 30.1 Å². The van der Waals surface area contributed by atoms with Crippen molar-refractivity contribution in [2.45, 2.75) is 26.3 Å². The van der Waals surface area contributed by atoms with Crippen molar-refractivity contribution in [3.63, 3.8) is 0 Å². The highest BCUT2D eigenvalue weighted by Crippen LogP contribution is 2.18. The van der Waals surface area contributed by atoms with Gasteiger partial charge in [-0.05, 0) is 52.6 Å². The van der Waals surface area contributed by atoms with E-state index in [1.807, 2.05) is 36.1 Å². The van der Waals surface area contributed by atoms with Crippen LogP contribution in [-0.4, -0.2) is 42.5 Å². The molecule has 1 N–H and O–H groups in total. The molecular formula is C18H18N6O2. The molecule has 3 aromatic rings. The number of rotatable bonds is 3. The lowest BCUT2D eigenvalue weighted by Gasteiger charge is -2.28. The molecule has 0 saturated carbocycles. The number of pyridine rings is 1. The van der Waals surface area contributed by atoms with E-state index in [9.17, 15) is 9.59 Å². The van der Waals surface area contributed by atoms with Gasteiger partial charge in [-0.2, -0.15) is 4.68 Å². The monoisotopic (exact) mass is 350 g/mol. The molecule has 0 saturated heterocycles. The van der Waals surface area contributed by atoms with E-state index >= 15 is 0 Å². The maximum atomic E-state index is 12.6. The molecule has 0 bridgehead atoms. The summed E-state index contributed by atoms with van der Waals surface area (Å²) in [7, 11) is 0. The zero-order chi connectivity index (χ0) is 18.1. The van der Waals surface area contributed by atoms with Crippen LogP contribution in [0.15, 0.2) is 41.3 Å². The normalized spacial score (nSPS) is 13.5. The molecule has 1 aliphatic heterocycles. The third kappa shape index (κ3) is 3.13. The summed E-state index contributed by atoms with van der Waals surface area (Å²) < 4.78 is 1.65. The van der Waals surface area contributed by atoms with Crippen LogP contribution in [0.3, 0.4) is 0 Å². The van der Waals surface area contributed by atoms with Gasteiger partial charge in [0.05, 0.1) is 12.1 Å². The Morgan fingerprint density at radius 3 is 2.77 bits per heavy atom. The lowest BCUT2D eigenvalue weighted by molar-refractivity contribution is -0.131. The zero-order valence-corrected chi connectivity index (χ0v) is 14.3. The van der Waals surface area contributed by atoms with E-state index in [4.69, 9.17) is 0 Å². The fourth-order valence-electron chi connectivity index (χ4n) is 3.19. The zero-order valence-electron chi connectivity index (χ0n) is 14.3. The Kier molecular flexibility index (Phi) is 4.08. The number of carbonyl (C=O) groups is 1. The molecular weight excluding hydrogens is 332 g/mol. The van der Waals surface area contributed by atoms with E-state index in [1.165, 1.54) is 0 Å². The molecule has 26 heavy (non-hydrogen) atoms. The number of aromatic amines is 1. The van der Waals surface area contributed by atoms with Crippen LogP contribution in [0.5, 0.6) is 0 Å². The first kappa shape index (κ1) is 16.2. The Hall–Kier alpha value is -3.29. The van der Waals surface area contributed by atoms with Gasteiger partial charge in [-0.1, -0.05) is 12.1 Å². The van der Waals surface area contributed by atoms with Gasteiger partial charge in [0.15, 0.2) is 5.82 Å². The van der Waals surface area contributed by atoms with Crippen LogP contribution in [0.1, 0.15) is 22.5 Å². The fraction of sp³-hybridized carbons (Fsp3) is 0.278. The number of amides is 1. The van der Waals surface area contributed by atoms with Crippen LogP contribution >= 0.6 is 0 Å². The van der Waals surface area contributed by atoms with Crippen LogP contribution in [0.25, 0.3) is 5.69 Å². The molecule has 4 rings (SSSR count). The SMILES string of the molecule is Cc1nnnn1-c1ccc(CC(=O)N2CCc3cc(=O)[nH]cc3C2)cc1. The summed E-state index contributed by atoms with van der Waals surface area (Å²) in [6.45, 7) is 3.00. The first-order valence-corrected chi connectivity index (χ1v) is 8.43. The maximum Gasteiger partial charge on any atom is 0.248 e. The Balaban J connectivity index is 1.44. The summed E-state index contributed by atoms with van der Waals surface area (Å²) in [5.41, 5.74) is 3.74. The summed E-state index contributed by atoms with van der Waals surface area (Å²) in [5.74, 6) is 0.784. The first-order chi connectivity index (χ1) is 12.6. The topological polar surface area (TPSA) is 96.8 Å². The predicted octanol–water partition coefficient (Wildman–Crippen LogP) is 0.786. The number of H-pyrrole nitrogens is 1. The van der Waals surface area contributed by atoms with E-state index in [1.54, 1.807) is 16.9 Å². The Bertz CT molecular complexity index is 1010. The average molecular weight is 350 g/mol. The number of benzene rings is 1. The molecule has 0 fully saturated rings. The van der Waals surface area contributed by atoms with Gasteiger partial charge >= 0.3 is 0 Å². The van der Waals surface area contributed by atoms with Crippen molar-refractivity contribution in [2.24, 2.45) is 0 Å². The summed E-state index contributed by atoms with van der Waals surface area (Å²) in [6, 6.07) is 9.27. The molecule has 0 unspecified atom stereocenters. The van der Waals surface area contributed by atoms with Gasteiger partial charge in [0.1, 0.15) is 0 Å². The highest BCUT2D eigenvalue weighted by Gasteiger charge is 2.21. The largest absolute Gasteiger partial charge is 0.338 e. The number of fused-ring (bicyclic) bond motifs is 1. The van der Waals surface area contributed by atoms with E-state index < -0.39 is 0 Å². The molecule has 8 nitrogen and oxygen atoms in total. The van der Waals surface area contributed by atoms with Gasteiger partial charge in [0.25, 0.3) is 0 Å². The summed E-state index contributed by atoms with van der Waals surface area (Å²) >= 11 is 0. The summed E-state index contributed by atoms with van der Waals surface area (Å²) in [5, 5.41) is 11.4. The molecule has 132 valence electrons. The summed E-state index contributed by atoms with van der Waals surface area (Å²) in [4.78, 5) is 28.5. The third-order valence-corrected chi connectivity index (χ3v) is 4.63. The molecule has 2 aromatic heterocycles. The number of nitrogens with one attached hydrogen (secondary N) is 1. The molecule has 3 heterocycles. The number of carbonyl (C=O) groups excluding carboxylic acids is 1. The lowest BCUT2D eigenvalue weighted by atomic mass is 10.0. The highest BCUT2D eigenvalue weighted by atomic mass is 16.2. The van der Waals surface area contributed by atoms with Gasteiger partial charge in [0.2, 0.25) is 11.5 Å². The third-order valence-electron chi connectivity index (χ3n) is 4.63. The van der Waals surface area contributed by atoms with Gasteiger partial charge < -0.3 is 9.88 Å². The van der Waals surface area contributed by atoms with E-state index in [0.717, 1.165) is 22.4 Å².